The maximum absolute atomic E-state index is 12.2. The third-order valence-electron chi connectivity index (χ3n) is 3.50. The van der Waals surface area contributed by atoms with Crippen LogP contribution in [0.3, 0.4) is 0 Å². The highest BCUT2D eigenvalue weighted by molar-refractivity contribution is 5.69. The first kappa shape index (κ1) is 16.8. The van der Waals surface area contributed by atoms with Gasteiger partial charge in [0.05, 0.1) is 19.3 Å². The molecule has 0 radical (unpaired) electrons. The summed E-state index contributed by atoms with van der Waals surface area (Å²) in [6.45, 7) is 7.12. The molecule has 1 saturated heterocycles. The second-order valence-electron chi connectivity index (χ2n) is 6.78. The molecule has 0 spiro atoms. The largest absolute Gasteiger partial charge is 0.444 e. The molecule has 0 aromatic heterocycles. The summed E-state index contributed by atoms with van der Waals surface area (Å²) in [5, 5.41) is 0. The van der Waals surface area contributed by atoms with E-state index in [1.165, 1.54) is 0 Å². The lowest BCUT2D eigenvalue weighted by atomic mass is 10.2. The fraction of sp³-hybridized carbons (Fsp3) is 0.588. The molecule has 22 heavy (non-hydrogen) atoms. The summed E-state index contributed by atoms with van der Waals surface area (Å²) in [7, 11) is 0. The number of carbonyl (C=O) groups excluding carboxylic acids is 1. The van der Waals surface area contributed by atoms with Gasteiger partial charge < -0.3 is 20.1 Å². The van der Waals surface area contributed by atoms with Crippen molar-refractivity contribution in [1.82, 2.24) is 4.90 Å². The van der Waals surface area contributed by atoms with Crippen molar-refractivity contribution in [3.63, 3.8) is 0 Å². The van der Waals surface area contributed by atoms with Gasteiger partial charge in [-0.25, -0.2) is 4.79 Å². The van der Waals surface area contributed by atoms with Crippen molar-refractivity contribution < 1.29 is 14.3 Å². The number of amides is 1. The van der Waals surface area contributed by atoms with Gasteiger partial charge in [-0.05, 0) is 32.8 Å². The van der Waals surface area contributed by atoms with Crippen LogP contribution in [0, 0.1) is 0 Å². The van der Waals surface area contributed by atoms with Crippen molar-refractivity contribution in [2.24, 2.45) is 5.73 Å². The maximum atomic E-state index is 12.2. The summed E-state index contributed by atoms with van der Waals surface area (Å²) in [5.74, 6) is 0. The third-order valence-corrected chi connectivity index (χ3v) is 3.50. The van der Waals surface area contributed by atoms with Crippen LogP contribution < -0.4 is 5.73 Å². The van der Waals surface area contributed by atoms with Gasteiger partial charge in [-0.2, -0.15) is 0 Å². The average Bonchev–Trinajstić information content (AvgIpc) is 2.79. The van der Waals surface area contributed by atoms with E-state index in [-0.39, 0.29) is 18.2 Å². The molecule has 0 aliphatic carbocycles. The lowest BCUT2D eigenvalue weighted by Gasteiger charge is -2.28. The quantitative estimate of drug-likeness (QED) is 0.928. The molecule has 0 bridgehead atoms. The van der Waals surface area contributed by atoms with Crippen LogP contribution in [0.5, 0.6) is 0 Å². The highest BCUT2D eigenvalue weighted by Gasteiger charge is 2.36. The van der Waals surface area contributed by atoms with Crippen molar-refractivity contribution in [3.8, 4) is 0 Å². The number of benzene rings is 1. The van der Waals surface area contributed by atoms with E-state index in [0.29, 0.717) is 19.8 Å². The number of likely N-dealkylation sites (tertiary alicyclic amines) is 1. The van der Waals surface area contributed by atoms with Crippen molar-refractivity contribution >= 4 is 6.09 Å². The van der Waals surface area contributed by atoms with E-state index >= 15 is 0 Å². The number of rotatable bonds is 4. The number of ether oxygens (including phenoxy) is 2. The predicted octanol–water partition coefficient (Wildman–Crippen LogP) is 2.54. The average molecular weight is 306 g/mol. The summed E-state index contributed by atoms with van der Waals surface area (Å²) >= 11 is 0. The molecule has 1 aliphatic rings. The molecule has 1 aliphatic heterocycles. The molecule has 1 aromatic rings. The van der Waals surface area contributed by atoms with Crippen LogP contribution in [0.25, 0.3) is 0 Å². The first-order valence-corrected chi connectivity index (χ1v) is 7.72. The van der Waals surface area contributed by atoms with E-state index in [1.807, 2.05) is 51.1 Å². The van der Waals surface area contributed by atoms with Crippen LogP contribution >= 0.6 is 0 Å². The van der Waals surface area contributed by atoms with Crippen molar-refractivity contribution in [3.05, 3.63) is 35.9 Å². The molecule has 2 atom stereocenters. The van der Waals surface area contributed by atoms with Crippen LogP contribution in [0.4, 0.5) is 4.79 Å². The molecule has 1 amide bonds. The zero-order valence-electron chi connectivity index (χ0n) is 13.6. The topological polar surface area (TPSA) is 64.8 Å². The van der Waals surface area contributed by atoms with Gasteiger partial charge in [-0.15, -0.1) is 0 Å². The zero-order valence-corrected chi connectivity index (χ0v) is 13.6. The molecule has 1 heterocycles. The standard InChI is InChI=1S/C17H26N2O3/c1-17(2,3)22-16(20)19-10-14(18)9-15(19)12-21-11-13-7-5-4-6-8-13/h4-8,14-15H,9-12,18H2,1-3H3/t14-,15+/m1/s1. The summed E-state index contributed by atoms with van der Waals surface area (Å²) < 4.78 is 11.2. The molecule has 2 N–H and O–H groups in total. The number of nitrogens with two attached hydrogens (primary N) is 1. The fourth-order valence-corrected chi connectivity index (χ4v) is 2.54. The molecule has 5 heteroatoms. The molecule has 2 rings (SSSR count). The third kappa shape index (κ3) is 5.00. The first-order valence-electron chi connectivity index (χ1n) is 7.72. The Morgan fingerprint density at radius 2 is 2.00 bits per heavy atom. The minimum Gasteiger partial charge on any atom is -0.444 e. The molecule has 1 aromatic carbocycles. The summed E-state index contributed by atoms with van der Waals surface area (Å²) in [6, 6.07) is 9.95. The van der Waals surface area contributed by atoms with E-state index in [4.69, 9.17) is 15.2 Å². The smallest absolute Gasteiger partial charge is 0.410 e. The normalized spacial score (nSPS) is 21.9. The van der Waals surface area contributed by atoms with Gasteiger partial charge in [0, 0.05) is 12.6 Å². The number of hydrogen-bond donors (Lipinski definition) is 1. The Kier molecular flexibility index (Phi) is 5.42. The summed E-state index contributed by atoms with van der Waals surface area (Å²) in [6.07, 6.45) is 0.433. The van der Waals surface area contributed by atoms with Crippen LogP contribution in [-0.4, -0.2) is 41.8 Å². The van der Waals surface area contributed by atoms with Gasteiger partial charge in [0.15, 0.2) is 0 Å². The summed E-state index contributed by atoms with van der Waals surface area (Å²) in [5.41, 5.74) is 6.61. The van der Waals surface area contributed by atoms with Crippen LogP contribution in [0.1, 0.15) is 32.8 Å². The van der Waals surface area contributed by atoms with Gasteiger partial charge in [0.25, 0.3) is 0 Å². The Balaban J connectivity index is 1.86. The van der Waals surface area contributed by atoms with Crippen molar-refractivity contribution in [1.29, 1.82) is 0 Å². The number of nitrogens with zero attached hydrogens (tertiary/aromatic N) is 1. The van der Waals surface area contributed by atoms with Gasteiger partial charge in [-0.3, -0.25) is 0 Å². The predicted molar refractivity (Wildman–Crippen MR) is 85.4 cm³/mol. The lowest BCUT2D eigenvalue weighted by molar-refractivity contribution is 0.00876. The second kappa shape index (κ2) is 7.11. The molecule has 122 valence electrons. The highest BCUT2D eigenvalue weighted by Crippen LogP contribution is 2.21. The van der Waals surface area contributed by atoms with E-state index in [1.54, 1.807) is 4.90 Å². The Hall–Kier alpha value is -1.59. The number of hydrogen-bond acceptors (Lipinski definition) is 4. The summed E-state index contributed by atoms with van der Waals surface area (Å²) in [4.78, 5) is 13.9. The highest BCUT2D eigenvalue weighted by atomic mass is 16.6. The Labute approximate surface area is 132 Å². The molecule has 1 fully saturated rings. The number of carbonyl (C=O) groups is 1. The SMILES string of the molecule is CC(C)(C)OC(=O)N1C[C@H](N)C[C@H]1COCc1ccccc1. The van der Waals surface area contributed by atoms with Crippen LogP contribution in [0.15, 0.2) is 30.3 Å². The molecule has 5 nitrogen and oxygen atoms in total. The van der Waals surface area contributed by atoms with E-state index < -0.39 is 5.60 Å². The Morgan fingerprint density at radius 1 is 1.32 bits per heavy atom. The van der Waals surface area contributed by atoms with Gasteiger partial charge in [0.1, 0.15) is 5.60 Å². The zero-order chi connectivity index (χ0) is 16.2. The Bertz CT molecular complexity index is 484. The Morgan fingerprint density at radius 3 is 2.64 bits per heavy atom. The van der Waals surface area contributed by atoms with Crippen molar-refractivity contribution in [2.45, 2.75) is 51.5 Å². The second-order valence-corrected chi connectivity index (χ2v) is 6.78. The van der Waals surface area contributed by atoms with E-state index in [9.17, 15) is 4.79 Å². The van der Waals surface area contributed by atoms with E-state index in [2.05, 4.69) is 0 Å². The maximum Gasteiger partial charge on any atom is 0.410 e. The van der Waals surface area contributed by atoms with Gasteiger partial charge in [-0.1, -0.05) is 30.3 Å². The van der Waals surface area contributed by atoms with Crippen molar-refractivity contribution in [2.75, 3.05) is 13.2 Å². The van der Waals surface area contributed by atoms with Crippen LogP contribution in [0.2, 0.25) is 0 Å². The van der Waals surface area contributed by atoms with E-state index in [0.717, 1.165) is 12.0 Å². The molecule has 0 unspecified atom stereocenters. The molecular formula is C17H26N2O3. The monoisotopic (exact) mass is 306 g/mol. The molecular weight excluding hydrogens is 280 g/mol. The van der Waals surface area contributed by atoms with Gasteiger partial charge in [0.2, 0.25) is 0 Å². The first-order chi connectivity index (χ1) is 10.3. The van der Waals surface area contributed by atoms with Gasteiger partial charge >= 0.3 is 6.09 Å². The minimum absolute atomic E-state index is 0.0159. The van der Waals surface area contributed by atoms with Crippen LogP contribution in [-0.2, 0) is 16.1 Å². The fourth-order valence-electron chi connectivity index (χ4n) is 2.54. The minimum atomic E-state index is -0.501. The lowest BCUT2D eigenvalue weighted by Crippen LogP contribution is -2.42. The molecule has 0 saturated carbocycles.